The molecule has 0 amide bonds. The van der Waals surface area contributed by atoms with Crippen LogP contribution in [0, 0.1) is 0 Å². The molecule has 6 heteroatoms. The molecule has 0 aliphatic carbocycles. The molecule has 1 aliphatic heterocycles. The van der Waals surface area contributed by atoms with E-state index >= 15 is 0 Å². The third kappa shape index (κ3) is 3.68. The van der Waals surface area contributed by atoms with E-state index in [0.29, 0.717) is 19.4 Å². The molecule has 0 aromatic heterocycles. The third-order valence-electron chi connectivity index (χ3n) is 3.15. The number of hydrogen-bond acceptors (Lipinski definition) is 4. The zero-order valence-electron chi connectivity index (χ0n) is 11.1. The van der Waals surface area contributed by atoms with E-state index in [4.69, 9.17) is 4.74 Å². The summed E-state index contributed by atoms with van der Waals surface area (Å²) in [6.45, 7) is 4.43. The fourth-order valence-corrected chi connectivity index (χ4v) is 3.58. The molecule has 2 N–H and O–H groups in total. The number of benzene rings is 1. The van der Waals surface area contributed by atoms with E-state index < -0.39 is 10.0 Å². The maximum atomic E-state index is 12.2. The summed E-state index contributed by atoms with van der Waals surface area (Å²) in [5.41, 5.74) is -0.315. The maximum absolute atomic E-state index is 12.2. The average Bonchev–Trinajstić information content (AvgIpc) is 2.27. The Morgan fingerprint density at radius 3 is 2.79 bits per heavy atom. The lowest BCUT2D eigenvalue weighted by Gasteiger charge is -2.35. The second-order valence-electron chi connectivity index (χ2n) is 5.42. The first-order chi connectivity index (χ1) is 8.78. The Bertz CT molecular complexity index is 554. The monoisotopic (exact) mass is 285 g/mol. The second kappa shape index (κ2) is 5.11. The van der Waals surface area contributed by atoms with Gasteiger partial charge in [-0.3, -0.25) is 0 Å². The van der Waals surface area contributed by atoms with Crippen LogP contribution in [-0.2, 0) is 14.8 Å². The number of ether oxygens (including phenoxy) is 1. The van der Waals surface area contributed by atoms with E-state index in [-0.39, 0.29) is 22.3 Å². The van der Waals surface area contributed by atoms with Crippen molar-refractivity contribution >= 4 is 10.0 Å². The van der Waals surface area contributed by atoms with Gasteiger partial charge in [-0.15, -0.1) is 0 Å². The summed E-state index contributed by atoms with van der Waals surface area (Å²) in [6.07, 6.45) is 1.28. The van der Waals surface area contributed by atoms with Crippen LogP contribution in [-0.4, -0.2) is 31.8 Å². The van der Waals surface area contributed by atoms with Gasteiger partial charge in [-0.2, -0.15) is 0 Å². The fourth-order valence-electron chi connectivity index (χ4n) is 2.27. The van der Waals surface area contributed by atoms with Gasteiger partial charge >= 0.3 is 0 Å². The topological polar surface area (TPSA) is 75.6 Å². The van der Waals surface area contributed by atoms with Crippen LogP contribution in [0.3, 0.4) is 0 Å². The summed E-state index contributed by atoms with van der Waals surface area (Å²) >= 11 is 0. The van der Waals surface area contributed by atoms with Crippen molar-refractivity contribution in [1.29, 1.82) is 0 Å². The van der Waals surface area contributed by atoms with Crippen LogP contribution < -0.4 is 4.72 Å². The molecule has 19 heavy (non-hydrogen) atoms. The van der Waals surface area contributed by atoms with Crippen molar-refractivity contribution in [1.82, 2.24) is 4.72 Å². The first kappa shape index (κ1) is 14.3. The first-order valence-electron chi connectivity index (χ1n) is 6.24. The van der Waals surface area contributed by atoms with Gasteiger partial charge in [-0.25, -0.2) is 13.1 Å². The third-order valence-corrected chi connectivity index (χ3v) is 4.67. The van der Waals surface area contributed by atoms with Gasteiger partial charge in [0, 0.05) is 12.6 Å². The fraction of sp³-hybridized carbons (Fsp3) is 0.538. The number of sulfonamides is 1. The molecule has 0 spiro atoms. The van der Waals surface area contributed by atoms with Crippen LogP contribution in [0.25, 0.3) is 0 Å². The zero-order valence-corrected chi connectivity index (χ0v) is 11.9. The summed E-state index contributed by atoms with van der Waals surface area (Å²) < 4.78 is 32.6. The summed E-state index contributed by atoms with van der Waals surface area (Å²) in [7, 11) is -3.60. The van der Waals surface area contributed by atoms with Crippen molar-refractivity contribution in [2.24, 2.45) is 0 Å². The van der Waals surface area contributed by atoms with Gasteiger partial charge in [0.2, 0.25) is 10.0 Å². The van der Waals surface area contributed by atoms with Gasteiger partial charge in [0.05, 0.1) is 10.5 Å². The van der Waals surface area contributed by atoms with Crippen LogP contribution in [0.5, 0.6) is 5.75 Å². The van der Waals surface area contributed by atoms with Crippen LogP contribution in [0.2, 0.25) is 0 Å². The number of rotatable bonds is 3. The standard InChI is InChI=1S/C13H19NO4S/c1-13(2)9-10(6-7-18-13)14-19(16,17)12-5-3-4-11(15)8-12/h3-5,8,10,14-15H,6-7,9H2,1-2H3. The quantitative estimate of drug-likeness (QED) is 0.885. The Balaban J connectivity index is 2.13. The van der Waals surface area contributed by atoms with Crippen molar-refractivity contribution in [3.05, 3.63) is 24.3 Å². The summed E-state index contributed by atoms with van der Waals surface area (Å²) in [5, 5.41) is 9.35. The van der Waals surface area contributed by atoms with Gasteiger partial charge in [0.1, 0.15) is 5.75 Å². The molecule has 1 atom stereocenters. The lowest BCUT2D eigenvalue weighted by atomic mass is 9.95. The van der Waals surface area contributed by atoms with Crippen LogP contribution in [0.15, 0.2) is 29.2 Å². The van der Waals surface area contributed by atoms with E-state index in [1.807, 2.05) is 13.8 Å². The van der Waals surface area contributed by atoms with E-state index in [1.54, 1.807) is 0 Å². The molecule has 1 heterocycles. The minimum atomic E-state index is -3.60. The largest absolute Gasteiger partial charge is 0.508 e. The molecule has 0 radical (unpaired) electrons. The molecule has 1 aliphatic rings. The number of aromatic hydroxyl groups is 1. The minimum Gasteiger partial charge on any atom is -0.508 e. The summed E-state index contributed by atoms with van der Waals surface area (Å²) in [4.78, 5) is 0.0804. The Kier molecular flexibility index (Phi) is 3.85. The molecule has 0 bridgehead atoms. The second-order valence-corrected chi connectivity index (χ2v) is 7.13. The first-order valence-corrected chi connectivity index (χ1v) is 7.72. The van der Waals surface area contributed by atoms with Gasteiger partial charge in [0.15, 0.2) is 0 Å². The van der Waals surface area contributed by atoms with E-state index in [1.165, 1.54) is 24.3 Å². The van der Waals surface area contributed by atoms with Crippen LogP contribution in [0.1, 0.15) is 26.7 Å². The Morgan fingerprint density at radius 2 is 2.16 bits per heavy atom. The number of nitrogens with one attached hydrogen (secondary N) is 1. The van der Waals surface area contributed by atoms with Crippen molar-refractivity contribution in [3.8, 4) is 5.75 Å². The molecule has 5 nitrogen and oxygen atoms in total. The zero-order chi connectivity index (χ0) is 14.1. The van der Waals surface area contributed by atoms with Crippen molar-refractivity contribution in [3.63, 3.8) is 0 Å². The van der Waals surface area contributed by atoms with Crippen LogP contribution >= 0.6 is 0 Å². The lowest BCUT2D eigenvalue weighted by molar-refractivity contribution is -0.0599. The van der Waals surface area contributed by atoms with Gasteiger partial charge in [-0.1, -0.05) is 6.07 Å². The van der Waals surface area contributed by atoms with Crippen LogP contribution in [0.4, 0.5) is 0 Å². The smallest absolute Gasteiger partial charge is 0.240 e. The molecule has 1 unspecified atom stereocenters. The van der Waals surface area contributed by atoms with Gasteiger partial charge < -0.3 is 9.84 Å². The SMILES string of the molecule is CC1(C)CC(NS(=O)(=O)c2cccc(O)c2)CCO1. The number of phenolic OH excluding ortho intramolecular Hbond substituents is 1. The minimum absolute atomic E-state index is 0.0600. The Hall–Kier alpha value is -1.11. The van der Waals surface area contributed by atoms with Crippen molar-refractivity contribution in [2.45, 2.75) is 43.2 Å². The number of phenols is 1. The molecule has 0 saturated carbocycles. The van der Waals surface area contributed by atoms with E-state index in [9.17, 15) is 13.5 Å². The van der Waals surface area contributed by atoms with Crippen molar-refractivity contribution in [2.75, 3.05) is 6.61 Å². The lowest BCUT2D eigenvalue weighted by Crippen LogP contribution is -2.45. The van der Waals surface area contributed by atoms with Gasteiger partial charge in [-0.05, 0) is 44.9 Å². The molecule has 1 saturated heterocycles. The maximum Gasteiger partial charge on any atom is 0.240 e. The molecule has 1 aromatic carbocycles. The Morgan fingerprint density at radius 1 is 1.42 bits per heavy atom. The number of hydrogen-bond donors (Lipinski definition) is 2. The molecule has 2 rings (SSSR count). The molecule has 1 aromatic rings. The normalized spacial score (nSPS) is 23.2. The predicted octanol–water partition coefficient (Wildman–Crippen LogP) is 1.63. The molecule has 1 fully saturated rings. The molecular weight excluding hydrogens is 266 g/mol. The highest BCUT2D eigenvalue weighted by molar-refractivity contribution is 7.89. The average molecular weight is 285 g/mol. The highest BCUT2D eigenvalue weighted by Gasteiger charge is 2.31. The predicted molar refractivity (Wildman–Crippen MR) is 71.5 cm³/mol. The molecule has 106 valence electrons. The summed E-state index contributed by atoms with van der Waals surface area (Å²) in [5.74, 6) is -0.0600. The van der Waals surface area contributed by atoms with E-state index in [2.05, 4.69) is 4.72 Å². The van der Waals surface area contributed by atoms with E-state index in [0.717, 1.165) is 0 Å². The van der Waals surface area contributed by atoms with Gasteiger partial charge in [0.25, 0.3) is 0 Å². The summed E-state index contributed by atoms with van der Waals surface area (Å²) in [6, 6.07) is 5.52. The van der Waals surface area contributed by atoms with Crippen molar-refractivity contribution < 1.29 is 18.3 Å². The Labute approximate surface area is 113 Å². The molecular formula is C13H19NO4S. The highest BCUT2D eigenvalue weighted by atomic mass is 32.2. The highest BCUT2D eigenvalue weighted by Crippen LogP contribution is 2.25.